The predicted octanol–water partition coefficient (Wildman–Crippen LogP) is -0.512. The number of hydrogen-bond donors (Lipinski definition) is 0. The lowest BCUT2D eigenvalue weighted by Crippen LogP contribution is -2.44. The maximum atomic E-state index is 12.3. The largest absolute Gasteiger partial charge is 0.375 e. The van der Waals surface area contributed by atoms with Crippen molar-refractivity contribution >= 4 is 15.7 Å². The van der Waals surface area contributed by atoms with Crippen molar-refractivity contribution < 1.29 is 17.9 Å². The second-order valence-electron chi connectivity index (χ2n) is 5.29. The quantitative estimate of drug-likeness (QED) is 0.515. The topological polar surface area (TPSA) is 94.4 Å². The van der Waals surface area contributed by atoms with Crippen molar-refractivity contribution in [3.63, 3.8) is 0 Å². The van der Waals surface area contributed by atoms with E-state index in [2.05, 4.69) is 16.9 Å². The van der Waals surface area contributed by atoms with Gasteiger partial charge in [0.2, 0.25) is 5.91 Å². The average Bonchev–Trinajstić information content (AvgIpc) is 2.79. The van der Waals surface area contributed by atoms with Crippen molar-refractivity contribution in [3.8, 4) is 0 Å². The van der Waals surface area contributed by atoms with Gasteiger partial charge < -0.3 is 9.64 Å². The van der Waals surface area contributed by atoms with Crippen LogP contribution in [-0.4, -0.2) is 66.0 Å². The molecule has 1 amide bonds. The van der Waals surface area contributed by atoms with E-state index in [1.807, 2.05) is 0 Å². The van der Waals surface area contributed by atoms with Crippen LogP contribution in [0.5, 0.6) is 0 Å². The Bertz CT molecular complexity index is 668. The molecule has 1 aromatic rings. The van der Waals surface area contributed by atoms with Crippen molar-refractivity contribution in [2.75, 3.05) is 31.8 Å². The van der Waals surface area contributed by atoms with Crippen LogP contribution in [-0.2, 0) is 32.8 Å². The summed E-state index contributed by atoms with van der Waals surface area (Å²) in [6.07, 6.45) is 3.25. The van der Waals surface area contributed by atoms with Crippen LogP contribution in [0.3, 0.4) is 0 Å². The zero-order valence-electron chi connectivity index (χ0n) is 12.7. The Morgan fingerprint density at radius 1 is 1.55 bits per heavy atom. The van der Waals surface area contributed by atoms with E-state index in [0.717, 1.165) is 11.9 Å². The Labute approximate surface area is 129 Å². The lowest BCUT2D eigenvalue weighted by molar-refractivity contribution is -0.132. The van der Waals surface area contributed by atoms with Gasteiger partial charge >= 0.3 is 0 Å². The molecule has 9 heteroatoms. The molecule has 1 atom stereocenters. The highest BCUT2D eigenvalue weighted by Crippen LogP contribution is 2.28. The van der Waals surface area contributed by atoms with E-state index in [0.29, 0.717) is 25.3 Å². The first-order valence-electron chi connectivity index (χ1n) is 6.87. The van der Waals surface area contributed by atoms with Gasteiger partial charge in [-0.05, 0) is 0 Å². The van der Waals surface area contributed by atoms with Crippen molar-refractivity contribution in [2.45, 2.75) is 12.5 Å². The molecule has 0 aromatic carbocycles. The molecule has 0 saturated heterocycles. The molecule has 0 aliphatic carbocycles. The van der Waals surface area contributed by atoms with E-state index < -0.39 is 27.5 Å². The number of ether oxygens (including phenoxy) is 1. The molecular weight excluding hydrogens is 308 g/mol. The molecule has 1 aliphatic rings. The lowest BCUT2D eigenvalue weighted by Gasteiger charge is -2.34. The third kappa shape index (κ3) is 3.72. The van der Waals surface area contributed by atoms with E-state index in [9.17, 15) is 13.2 Å². The number of aromatic nitrogens is 3. The predicted molar refractivity (Wildman–Crippen MR) is 79.9 cm³/mol. The van der Waals surface area contributed by atoms with Gasteiger partial charge in [0.15, 0.2) is 9.84 Å². The van der Waals surface area contributed by atoms with Gasteiger partial charge in [-0.15, -0.1) is 11.7 Å². The minimum atomic E-state index is -3.38. The molecule has 1 aliphatic heterocycles. The molecule has 1 aromatic heterocycles. The average molecular weight is 328 g/mol. The summed E-state index contributed by atoms with van der Waals surface area (Å²) >= 11 is 0. The van der Waals surface area contributed by atoms with E-state index in [1.165, 1.54) is 4.90 Å². The van der Waals surface area contributed by atoms with E-state index in [-0.39, 0.29) is 6.61 Å². The summed E-state index contributed by atoms with van der Waals surface area (Å²) in [5, 5.41) is 8.09. The fraction of sp³-hybridized carbons (Fsp3) is 0.615. The minimum Gasteiger partial charge on any atom is -0.375 e. The van der Waals surface area contributed by atoms with Crippen LogP contribution in [0.1, 0.15) is 17.4 Å². The fourth-order valence-electron chi connectivity index (χ4n) is 2.51. The van der Waals surface area contributed by atoms with Gasteiger partial charge in [0.25, 0.3) is 0 Å². The molecule has 22 heavy (non-hydrogen) atoms. The van der Waals surface area contributed by atoms with Gasteiger partial charge in [-0.2, -0.15) is 0 Å². The normalized spacial score (nSPS) is 18.1. The maximum Gasteiger partial charge on any atom is 0.238 e. The molecule has 122 valence electrons. The highest BCUT2D eigenvalue weighted by molar-refractivity contribution is 7.91. The smallest absolute Gasteiger partial charge is 0.238 e. The summed E-state index contributed by atoms with van der Waals surface area (Å²) in [5.74, 6) is -0.952. The zero-order chi connectivity index (χ0) is 16.3. The molecule has 0 N–H and O–H groups in total. The van der Waals surface area contributed by atoms with Gasteiger partial charge in [0.05, 0.1) is 18.9 Å². The van der Waals surface area contributed by atoms with Crippen LogP contribution in [0, 0.1) is 0 Å². The van der Waals surface area contributed by atoms with Crippen LogP contribution in [0.25, 0.3) is 0 Å². The minimum absolute atomic E-state index is 0.229. The molecule has 0 bridgehead atoms. The second kappa shape index (κ2) is 6.57. The Hall–Kier alpha value is -1.74. The van der Waals surface area contributed by atoms with Crippen LogP contribution in [0.4, 0.5) is 0 Å². The third-order valence-corrected chi connectivity index (χ3v) is 4.24. The molecule has 8 nitrogen and oxygen atoms in total. The molecular formula is C13H20N4O4S. The van der Waals surface area contributed by atoms with Crippen LogP contribution < -0.4 is 0 Å². The molecule has 0 spiro atoms. The molecule has 2 heterocycles. The lowest BCUT2D eigenvalue weighted by atomic mass is 10.0. The van der Waals surface area contributed by atoms with Gasteiger partial charge in [0.1, 0.15) is 17.5 Å². The standard InChI is InChI=1S/C13H20N4O4S/c1-4-7-21-8-11-13-10(16(2)15-14-13)5-6-17(11)12(18)9-22(3,19)20/h4,11H,1,5-9H2,2-3H3/t11-/m1/s1. The summed E-state index contributed by atoms with van der Waals surface area (Å²) in [4.78, 5) is 13.8. The van der Waals surface area contributed by atoms with Crippen LogP contribution >= 0.6 is 0 Å². The summed E-state index contributed by atoms with van der Waals surface area (Å²) in [6, 6.07) is -0.424. The van der Waals surface area contributed by atoms with Crippen molar-refractivity contribution in [1.82, 2.24) is 19.9 Å². The Morgan fingerprint density at radius 2 is 2.27 bits per heavy atom. The van der Waals surface area contributed by atoms with Gasteiger partial charge in [0, 0.05) is 26.3 Å². The van der Waals surface area contributed by atoms with Crippen molar-refractivity contribution in [1.29, 1.82) is 0 Å². The number of carbonyl (C=O) groups is 1. The Kier molecular flexibility index (Phi) is 4.97. The summed E-state index contributed by atoms with van der Waals surface area (Å²) in [7, 11) is -1.59. The highest BCUT2D eigenvalue weighted by Gasteiger charge is 2.35. The van der Waals surface area contributed by atoms with Gasteiger partial charge in [-0.25, -0.2) is 8.42 Å². The number of nitrogens with zero attached hydrogens (tertiary/aromatic N) is 4. The first kappa shape index (κ1) is 16.6. The number of rotatable bonds is 6. The molecule has 0 saturated carbocycles. The van der Waals surface area contributed by atoms with Crippen molar-refractivity contribution in [2.24, 2.45) is 7.05 Å². The van der Waals surface area contributed by atoms with Crippen LogP contribution in [0.2, 0.25) is 0 Å². The van der Waals surface area contributed by atoms with E-state index >= 15 is 0 Å². The molecule has 0 unspecified atom stereocenters. The Morgan fingerprint density at radius 3 is 2.91 bits per heavy atom. The molecule has 0 radical (unpaired) electrons. The Balaban J connectivity index is 2.24. The van der Waals surface area contributed by atoms with Crippen molar-refractivity contribution in [3.05, 3.63) is 24.0 Å². The molecule has 0 fully saturated rings. The SMILES string of the molecule is C=CCOC[C@@H]1c2nnn(C)c2CCN1C(=O)CS(C)(=O)=O. The molecule has 2 rings (SSSR count). The van der Waals surface area contributed by atoms with Crippen LogP contribution in [0.15, 0.2) is 12.7 Å². The number of carbonyl (C=O) groups excluding carboxylic acids is 1. The number of aryl methyl sites for hydroxylation is 1. The number of sulfone groups is 1. The zero-order valence-corrected chi connectivity index (χ0v) is 13.5. The summed E-state index contributed by atoms with van der Waals surface area (Å²) < 4.78 is 29.9. The summed E-state index contributed by atoms with van der Waals surface area (Å²) in [5.41, 5.74) is 1.61. The monoisotopic (exact) mass is 328 g/mol. The number of hydrogen-bond acceptors (Lipinski definition) is 6. The van der Waals surface area contributed by atoms with Gasteiger partial charge in [-0.3, -0.25) is 9.48 Å². The third-order valence-electron chi connectivity index (χ3n) is 3.47. The first-order chi connectivity index (χ1) is 10.3. The van der Waals surface area contributed by atoms with Gasteiger partial charge in [-0.1, -0.05) is 11.3 Å². The first-order valence-corrected chi connectivity index (χ1v) is 8.94. The summed E-state index contributed by atoms with van der Waals surface area (Å²) in [6.45, 7) is 4.58. The number of fused-ring (bicyclic) bond motifs is 1. The maximum absolute atomic E-state index is 12.3. The number of amides is 1. The van der Waals surface area contributed by atoms with E-state index in [4.69, 9.17) is 4.74 Å². The fourth-order valence-corrected chi connectivity index (χ4v) is 3.12. The second-order valence-corrected chi connectivity index (χ2v) is 7.43. The van der Waals surface area contributed by atoms with E-state index in [1.54, 1.807) is 17.8 Å². The highest BCUT2D eigenvalue weighted by atomic mass is 32.2.